The van der Waals surface area contributed by atoms with Crippen molar-refractivity contribution in [2.75, 3.05) is 65.1 Å². The van der Waals surface area contributed by atoms with Crippen molar-refractivity contribution in [1.29, 1.82) is 0 Å². The molecule has 0 spiro atoms. The number of aliphatic hydroxyl groups excluding tert-OH is 2. The second-order valence-corrected chi connectivity index (χ2v) is 7.55. The minimum atomic E-state index is -0.511. The van der Waals surface area contributed by atoms with Crippen LogP contribution < -0.4 is 9.47 Å². The Morgan fingerprint density at radius 2 is 2.04 bits per heavy atom. The zero-order valence-corrected chi connectivity index (χ0v) is 16.0. The second kappa shape index (κ2) is 10.9. The van der Waals surface area contributed by atoms with Gasteiger partial charge in [0.1, 0.15) is 12.7 Å². The van der Waals surface area contributed by atoms with E-state index in [4.69, 9.17) is 14.6 Å². The van der Waals surface area contributed by atoms with Crippen molar-refractivity contribution < 1.29 is 19.7 Å². The van der Waals surface area contributed by atoms with Gasteiger partial charge in [-0.25, -0.2) is 0 Å². The third-order valence-corrected chi connectivity index (χ3v) is 5.11. The molecule has 0 bridgehead atoms. The maximum absolute atomic E-state index is 10.2. The van der Waals surface area contributed by atoms with Crippen LogP contribution in [0.1, 0.15) is 5.56 Å². The Morgan fingerprint density at radius 1 is 1.28 bits per heavy atom. The second-order valence-electron chi connectivity index (χ2n) is 6.32. The molecule has 2 rings (SSSR count). The fourth-order valence-corrected chi connectivity index (χ4v) is 3.79. The highest BCUT2D eigenvalue weighted by Crippen LogP contribution is 2.28. The van der Waals surface area contributed by atoms with Gasteiger partial charge in [-0.05, 0) is 24.7 Å². The van der Waals surface area contributed by atoms with Crippen LogP contribution in [0.4, 0.5) is 0 Å². The molecule has 1 atom stereocenters. The molecule has 1 aromatic carbocycles. The van der Waals surface area contributed by atoms with Crippen molar-refractivity contribution in [3.8, 4) is 11.5 Å². The molecule has 6 nitrogen and oxygen atoms in total. The molecule has 2 N–H and O–H groups in total. The maximum atomic E-state index is 10.2. The SMILES string of the molecule is COc1cc(CN(C)CCO)ccc1OC[C@@H](O)CN1CCSCC1. The number of thioether (sulfide) groups is 1. The van der Waals surface area contributed by atoms with Crippen molar-refractivity contribution >= 4 is 11.8 Å². The van der Waals surface area contributed by atoms with Gasteiger partial charge in [-0.2, -0.15) is 11.8 Å². The van der Waals surface area contributed by atoms with Crippen molar-refractivity contribution in [1.82, 2.24) is 9.80 Å². The van der Waals surface area contributed by atoms with Crippen LogP contribution in [-0.4, -0.2) is 91.2 Å². The third-order valence-electron chi connectivity index (χ3n) is 4.17. The van der Waals surface area contributed by atoms with Crippen molar-refractivity contribution in [3.05, 3.63) is 23.8 Å². The Kier molecular flexibility index (Phi) is 8.84. The largest absolute Gasteiger partial charge is 0.493 e. The molecule has 7 heteroatoms. The normalized spacial score (nSPS) is 16.8. The number of hydrogen-bond donors (Lipinski definition) is 2. The van der Waals surface area contributed by atoms with Crippen LogP contribution >= 0.6 is 11.8 Å². The molecule has 1 heterocycles. The Bertz CT molecular complexity index is 512. The molecule has 0 amide bonds. The highest BCUT2D eigenvalue weighted by molar-refractivity contribution is 7.99. The lowest BCUT2D eigenvalue weighted by Crippen LogP contribution is -2.40. The van der Waals surface area contributed by atoms with Gasteiger partial charge < -0.3 is 19.7 Å². The molecular formula is C18H30N2O4S. The van der Waals surface area contributed by atoms with E-state index >= 15 is 0 Å². The zero-order valence-electron chi connectivity index (χ0n) is 15.2. The maximum Gasteiger partial charge on any atom is 0.161 e. The third kappa shape index (κ3) is 7.03. The summed E-state index contributed by atoms with van der Waals surface area (Å²) < 4.78 is 11.2. The summed E-state index contributed by atoms with van der Waals surface area (Å²) in [5.74, 6) is 3.57. The lowest BCUT2D eigenvalue weighted by Gasteiger charge is -2.28. The van der Waals surface area contributed by atoms with Gasteiger partial charge in [-0.3, -0.25) is 9.80 Å². The standard InChI is InChI=1S/C18H30N2O4S/c1-19(5-8-21)12-15-3-4-17(18(11-15)23-2)24-14-16(22)13-20-6-9-25-10-7-20/h3-4,11,16,21-22H,5-10,12-14H2,1-2H3/t16-/m0/s1. The average Bonchev–Trinajstić information content (AvgIpc) is 2.61. The predicted octanol–water partition coefficient (Wildman–Crippen LogP) is 0.908. The molecule has 1 aromatic rings. The Labute approximate surface area is 154 Å². The van der Waals surface area contributed by atoms with Gasteiger partial charge in [-0.1, -0.05) is 6.07 Å². The van der Waals surface area contributed by atoms with Gasteiger partial charge in [-0.15, -0.1) is 0 Å². The van der Waals surface area contributed by atoms with Crippen LogP contribution in [0, 0.1) is 0 Å². The van der Waals surface area contributed by atoms with E-state index in [2.05, 4.69) is 4.90 Å². The van der Waals surface area contributed by atoms with Gasteiger partial charge in [0.15, 0.2) is 11.5 Å². The highest BCUT2D eigenvalue weighted by Gasteiger charge is 2.16. The van der Waals surface area contributed by atoms with E-state index in [0.717, 1.165) is 36.7 Å². The van der Waals surface area contributed by atoms with Crippen LogP contribution in [0.2, 0.25) is 0 Å². The minimum absolute atomic E-state index is 0.141. The summed E-state index contributed by atoms with van der Waals surface area (Å²) in [5, 5.41) is 19.2. The average molecular weight is 371 g/mol. The summed E-state index contributed by atoms with van der Waals surface area (Å²) in [5.41, 5.74) is 1.09. The lowest BCUT2D eigenvalue weighted by atomic mass is 10.2. The highest BCUT2D eigenvalue weighted by atomic mass is 32.2. The summed E-state index contributed by atoms with van der Waals surface area (Å²) in [4.78, 5) is 4.32. The summed E-state index contributed by atoms with van der Waals surface area (Å²) in [7, 11) is 3.58. The van der Waals surface area contributed by atoms with Gasteiger partial charge in [0.25, 0.3) is 0 Å². The van der Waals surface area contributed by atoms with Crippen LogP contribution in [-0.2, 0) is 6.54 Å². The van der Waals surface area contributed by atoms with Crippen LogP contribution in [0.5, 0.6) is 11.5 Å². The molecule has 1 aliphatic rings. The first-order chi connectivity index (χ1) is 12.1. The monoisotopic (exact) mass is 370 g/mol. The predicted molar refractivity (Wildman–Crippen MR) is 102 cm³/mol. The summed E-state index contributed by atoms with van der Waals surface area (Å²) in [6.45, 7) is 4.45. The molecule has 0 aliphatic carbocycles. The van der Waals surface area contributed by atoms with E-state index in [1.54, 1.807) is 7.11 Å². The molecule has 142 valence electrons. The number of hydrogen-bond acceptors (Lipinski definition) is 7. The number of methoxy groups -OCH3 is 1. The Hall–Kier alpha value is -0.990. The number of rotatable bonds is 10. The van der Waals surface area contributed by atoms with Gasteiger partial charge >= 0.3 is 0 Å². The Morgan fingerprint density at radius 3 is 2.72 bits per heavy atom. The summed E-state index contributed by atoms with van der Waals surface area (Å²) in [6, 6.07) is 5.81. The molecule has 0 unspecified atom stereocenters. The minimum Gasteiger partial charge on any atom is -0.493 e. The lowest BCUT2D eigenvalue weighted by molar-refractivity contribution is 0.0704. The molecule has 0 radical (unpaired) electrons. The zero-order chi connectivity index (χ0) is 18.1. The fourth-order valence-electron chi connectivity index (χ4n) is 2.81. The van der Waals surface area contributed by atoms with Gasteiger partial charge in [0.05, 0.1) is 13.7 Å². The van der Waals surface area contributed by atoms with E-state index < -0.39 is 6.10 Å². The molecule has 0 aromatic heterocycles. The molecule has 1 saturated heterocycles. The quantitative estimate of drug-likeness (QED) is 0.635. The number of β-amino-alcohol motifs (C(OH)–C–C–N with tert-alkyl or cyclic N) is 1. The van der Waals surface area contributed by atoms with E-state index in [1.807, 2.05) is 41.9 Å². The van der Waals surface area contributed by atoms with Crippen molar-refractivity contribution in [3.63, 3.8) is 0 Å². The van der Waals surface area contributed by atoms with Crippen LogP contribution in [0.15, 0.2) is 18.2 Å². The number of nitrogens with zero attached hydrogens (tertiary/aromatic N) is 2. The van der Waals surface area contributed by atoms with Gasteiger partial charge in [0.2, 0.25) is 0 Å². The number of aliphatic hydroxyl groups is 2. The summed E-state index contributed by atoms with van der Waals surface area (Å²) in [6.07, 6.45) is -0.511. The molecular weight excluding hydrogens is 340 g/mol. The molecule has 25 heavy (non-hydrogen) atoms. The summed E-state index contributed by atoms with van der Waals surface area (Å²) >= 11 is 1.96. The van der Waals surface area contributed by atoms with E-state index in [-0.39, 0.29) is 13.2 Å². The molecule has 0 saturated carbocycles. The number of likely N-dealkylation sites (N-methyl/N-ethyl adjacent to an activating group) is 1. The van der Waals surface area contributed by atoms with E-state index in [1.165, 1.54) is 0 Å². The van der Waals surface area contributed by atoms with Crippen molar-refractivity contribution in [2.24, 2.45) is 0 Å². The first-order valence-corrected chi connectivity index (χ1v) is 9.85. The molecule has 1 aliphatic heterocycles. The smallest absolute Gasteiger partial charge is 0.161 e. The van der Waals surface area contributed by atoms with Crippen molar-refractivity contribution in [2.45, 2.75) is 12.6 Å². The Balaban J connectivity index is 1.85. The first-order valence-electron chi connectivity index (χ1n) is 8.69. The van der Waals surface area contributed by atoms with E-state index in [0.29, 0.717) is 24.6 Å². The van der Waals surface area contributed by atoms with Gasteiger partial charge in [0, 0.05) is 44.2 Å². The topological polar surface area (TPSA) is 65.4 Å². The number of ether oxygens (including phenoxy) is 2. The van der Waals surface area contributed by atoms with Crippen LogP contribution in [0.3, 0.4) is 0 Å². The molecule has 1 fully saturated rings. The first kappa shape index (κ1) is 20.3. The number of benzene rings is 1. The van der Waals surface area contributed by atoms with E-state index in [9.17, 15) is 5.11 Å². The van der Waals surface area contributed by atoms with Crippen LogP contribution in [0.25, 0.3) is 0 Å². The fraction of sp³-hybridized carbons (Fsp3) is 0.667.